The zero-order valence-corrected chi connectivity index (χ0v) is 20.7. The summed E-state index contributed by atoms with van der Waals surface area (Å²) in [6, 6.07) is 6.98. The Labute approximate surface area is 200 Å². The van der Waals surface area contributed by atoms with E-state index in [0.29, 0.717) is 42.6 Å². The normalized spacial score (nSPS) is 18.2. The summed E-state index contributed by atoms with van der Waals surface area (Å²) in [4.78, 5) is 15.5. The van der Waals surface area contributed by atoms with Gasteiger partial charge < -0.3 is 9.64 Å². The Balaban J connectivity index is 1.62. The molecule has 2 aliphatic rings. The van der Waals surface area contributed by atoms with Crippen LogP contribution in [0.1, 0.15) is 39.5 Å². The van der Waals surface area contributed by atoms with Gasteiger partial charge in [-0.05, 0) is 49.8 Å². The second-order valence-electron chi connectivity index (χ2n) is 9.14. The minimum Gasteiger partial charge on any atom is -0.483 e. The fraction of sp³-hybridized carbons (Fsp3) is 0.565. The monoisotopic (exact) mass is 494 g/mol. The second kappa shape index (κ2) is 10.0. The van der Waals surface area contributed by atoms with Crippen LogP contribution in [0.2, 0.25) is 5.02 Å². The number of piperazine rings is 1. The smallest absolute Gasteiger partial charge is 0.316 e. The van der Waals surface area contributed by atoms with Crippen LogP contribution in [0.25, 0.3) is 5.69 Å². The van der Waals surface area contributed by atoms with E-state index in [4.69, 9.17) is 16.3 Å². The molecule has 0 bridgehead atoms. The first-order chi connectivity index (χ1) is 15.7. The highest BCUT2D eigenvalue weighted by atomic mass is 35.5. The molecular formula is C23H31ClN4O4S. The number of nitrogens with zero attached hydrogens (tertiary/aromatic N) is 4. The summed E-state index contributed by atoms with van der Waals surface area (Å²) >= 11 is 6.12. The lowest BCUT2D eigenvalue weighted by Crippen LogP contribution is -2.50. The summed E-state index contributed by atoms with van der Waals surface area (Å²) in [5, 5.41) is 4.92. The number of halogens is 1. The number of aromatic nitrogens is 2. The molecule has 1 saturated heterocycles. The van der Waals surface area contributed by atoms with Crippen LogP contribution in [0.4, 0.5) is 5.69 Å². The van der Waals surface area contributed by atoms with Gasteiger partial charge in [0.05, 0.1) is 23.7 Å². The highest BCUT2D eigenvalue weighted by Gasteiger charge is 2.30. The van der Waals surface area contributed by atoms with E-state index in [-0.39, 0.29) is 29.1 Å². The third kappa shape index (κ3) is 5.53. The Morgan fingerprint density at radius 2 is 1.85 bits per heavy atom. The van der Waals surface area contributed by atoms with Crippen molar-refractivity contribution in [2.75, 3.05) is 36.8 Å². The summed E-state index contributed by atoms with van der Waals surface area (Å²) in [6.07, 6.45) is 5.64. The molecule has 0 spiro atoms. The first kappa shape index (κ1) is 24.0. The lowest BCUT2D eigenvalue weighted by Gasteiger charge is -2.36. The van der Waals surface area contributed by atoms with E-state index in [0.717, 1.165) is 25.7 Å². The SMILES string of the molecule is CC(C)CS(=O)(=O)N1CCN(c2cnn(-c3cccc(Cl)c3)c(=O)c2OC2CCCC2)CC1. The summed E-state index contributed by atoms with van der Waals surface area (Å²) in [5.74, 6) is 0.485. The summed E-state index contributed by atoms with van der Waals surface area (Å²) < 4.78 is 34.4. The Kier molecular flexibility index (Phi) is 7.31. The van der Waals surface area contributed by atoms with E-state index >= 15 is 0 Å². The van der Waals surface area contributed by atoms with Gasteiger partial charge in [-0.2, -0.15) is 14.1 Å². The Hall–Kier alpha value is -2.10. The maximum absolute atomic E-state index is 13.5. The standard InChI is InChI=1S/C23H31ClN4O4S/c1-17(2)16-33(30,31)27-12-10-26(11-13-27)21-15-25-28(19-7-5-6-18(24)14-19)23(29)22(21)32-20-8-3-4-9-20/h5-7,14-15,17,20H,3-4,8-13,16H2,1-2H3. The van der Waals surface area contributed by atoms with E-state index in [1.165, 1.54) is 4.68 Å². The molecule has 33 heavy (non-hydrogen) atoms. The Bertz CT molecular complexity index is 1140. The lowest BCUT2D eigenvalue weighted by molar-refractivity contribution is 0.205. The van der Waals surface area contributed by atoms with Crippen molar-refractivity contribution in [3.05, 3.63) is 45.8 Å². The largest absolute Gasteiger partial charge is 0.483 e. The maximum Gasteiger partial charge on any atom is 0.316 e. The topological polar surface area (TPSA) is 84.7 Å². The molecule has 1 aliphatic heterocycles. The average Bonchev–Trinajstić information content (AvgIpc) is 3.27. The van der Waals surface area contributed by atoms with Crippen LogP contribution in [0.3, 0.4) is 0 Å². The van der Waals surface area contributed by atoms with Crippen molar-refractivity contribution in [1.82, 2.24) is 14.1 Å². The van der Waals surface area contributed by atoms with Crippen molar-refractivity contribution in [2.24, 2.45) is 5.92 Å². The molecule has 2 fully saturated rings. The van der Waals surface area contributed by atoms with E-state index in [2.05, 4.69) is 5.10 Å². The van der Waals surface area contributed by atoms with Crippen molar-refractivity contribution < 1.29 is 13.2 Å². The molecule has 10 heteroatoms. The summed E-state index contributed by atoms with van der Waals surface area (Å²) in [6.45, 7) is 5.49. The number of rotatable bonds is 7. The zero-order valence-electron chi connectivity index (χ0n) is 19.1. The number of benzene rings is 1. The molecular weight excluding hydrogens is 464 g/mol. The summed E-state index contributed by atoms with van der Waals surface area (Å²) in [7, 11) is -3.29. The van der Waals surface area contributed by atoms with E-state index in [1.807, 2.05) is 18.7 Å². The molecule has 0 unspecified atom stereocenters. The van der Waals surface area contributed by atoms with Gasteiger partial charge in [0.1, 0.15) is 5.69 Å². The fourth-order valence-electron chi connectivity index (χ4n) is 4.46. The minimum atomic E-state index is -3.29. The molecule has 0 N–H and O–H groups in total. The van der Waals surface area contributed by atoms with Crippen molar-refractivity contribution in [3.63, 3.8) is 0 Å². The van der Waals surface area contributed by atoms with E-state index in [9.17, 15) is 13.2 Å². The Morgan fingerprint density at radius 3 is 2.48 bits per heavy atom. The van der Waals surface area contributed by atoms with Crippen molar-refractivity contribution in [2.45, 2.75) is 45.6 Å². The highest BCUT2D eigenvalue weighted by molar-refractivity contribution is 7.89. The molecule has 1 aromatic carbocycles. The number of anilines is 1. The maximum atomic E-state index is 13.5. The molecule has 4 rings (SSSR count). The van der Waals surface area contributed by atoms with E-state index in [1.54, 1.807) is 34.8 Å². The van der Waals surface area contributed by atoms with Crippen molar-refractivity contribution >= 4 is 27.3 Å². The molecule has 2 heterocycles. The zero-order chi connectivity index (χ0) is 23.6. The van der Waals surface area contributed by atoms with Crippen LogP contribution >= 0.6 is 11.6 Å². The first-order valence-electron chi connectivity index (χ1n) is 11.5. The molecule has 0 atom stereocenters. The van der Waals surface area contributed by atoms with Gasteiger partial charge in [0.15, 0.2) is 0 Å². The average molecular weight is 495 g/mol. The van der Waals surface area contributed by atoms with Crippen LogP contribution in [0, 0.1) is 5.92 Å². The molecule has 2 aromatic rings. The van der Waals surface area contributed by atoms with Gasteiger partial charge in [0.2, 0.25) is 15.8 Å². The minimum absolute atomic E-state index is 0.000583. The Morgan fingerprint density at radius 1 is 1.15 bits per heavy atom. The van der Waals surface area contributed by atoms with Crippen molar-refractivity contribution in [3.8, 4) is 11.4 Å². The van der Waals surface area contributed by atoms with Gasteiger partial charge in [0, 0.05) is 31.2 Å². The third-order valence-corrected chi connectivity index (χ3v) is 8.55. The van der Waals surface area contributed by atoms with Crippen LogP contribution < -0.4 is 15.2 Å². The fourth-order valence-corrected chi connectivity index (χ4v) is 6.42. The predicted molar refractivity (Wildman–Crippen MR) is 130 cm³/mol. The molecule has 1 saturated carbocycles. The van der Waals surface area contributed by atoms with Gasteiger partial charge >= 0.3 is 5.56 Å². The van der Waals surface area contributed by atoms with Gasteiger partial charge in [-0.15, -0.1) is 0 Å². The number of ether oxygens (including phenoxy) is 1. The molecule has 8 nitrogen and oxygen atoms in total. The van der Waals surface area contributed by atoms with Crippen LogP contribution in [-0.2, 0) is 10.0 Å². The van der Waals surface area contributed by atoms with Gasteiger partial charge in [-0.3, -0.25) is 4.79 Å². The van der Waals surface area contributed by atoms with E-state index < -0.39 is 10.0 Å². The number of hydrogen-bond donors (Lipinski definition) is 0. The highest BCUT2D eigenvalue weighted by Crippen LogP contribution is 2.30. The molecule has 0 amide bonds. The van der Waals surface area contributed by atoms with Gasteiger partial charge in [-0.25, -0.2) is 8.42 Å². The second-order valence-corrected chi connectivity index (χ2v) is 11.6. The number of sulfonamides is 1. The predicted octanol–water partition coefficient (Wildman–Crippen LogP) is 3.32. The molecule has 180 valence electrons. The quantitative estimate of drug-likeness (QED) is 0.587. The van der Waals surface area contributed by atoms with Crippen LogP contribution in [-0.4, -0.2) is 60.5 Å². The van der Waals surface area contributed by atoms with Gasteiger partial charge in [-0.1, -0.05) is 31.5 Å². The van der Waals surface area contributed by atoms with Crippen molar-refractivity contribution in [1.29, 1.82) is 0 Å². The first-order valence-corrected chi connectivity index (χ1v) is 13.5. The molecule has 1 aliphatic carbocycles. The summed E-state index contributed by atoms with van der Waals surface area (Å²) in [5.41, 5.74) is 0.850. The van der Waals surface area contributed by atoms with Crippen LogP contribution in [0.5, 0.6) is 5.75 Å². The van der Waals surface area contributed by atoms with Gasteiger partial charge in [0.25, 0.3) is 0 Å². The molecule has 0 radical (unpaired) electrons. The van der Waals surface area contributed by atoms with Crippen LogP contribution in [0.15, 0.2) is 35.3 Å². The third-order valence-electron chi connectivity index (χ3n) is 6.07. The number of hydrogen-bond acceptors (Lipinski definition) is 6. The molecule has 1 aromatic heterocycles. The lowest BCUT2D eigenvalue weighted by atomic mass is 10.2.